The number of rotatable bonds is 3. The fourth-order valence-electron chi connectivity index (χ4n) is 2.12. The van der Waals surface area contributed by atoms with E-state index in [4.69, 9.17) is 0 Å². The minimum atomic E-state index is 0.337. The van der Waals surface area contributed by atoms with Gasteiger partial charge in [-0.1, -0.05) is 29.8 Å². The number of hydrogen-bond donors (Lipinski definition) is 1. The summed E-state index contributed by atoms with van der Waals surface area (Å²) in [7, 11) is 0. The van der Waals surface area contributed by atoms with Crippen LogP contribution in [0.15, 0.2) is 59.9 Å². The third-order valence-electron chi connectivity index (χ3n) is 3.17. The lowest BCUT2D eigenvalue weighted by Crippen LogP contribution is -1.92. The Hall–Kier alpha value is -2.75. The Balaban J connectivity index is 2.07. The van der Waals surface area contributed by atoms with Crippen molar-refractivity contribution >= 4 is 28.0 Å². The Morgan fingerprint density at radius 3 is 2.60 bits per heavy atom. The fourth-order valence-corrected chi connectivity index (χ4v) is 2.12. The summed E-state index contributed by atoms with van der Waals surface area (Å²) >= 11 is 0. The minimum Gasteiger partial charge on any atom is -0.354 e. The van der Waals surface area contributed by atoms with Crippen LogP contribution in [0.4, 0.5) is 17.1 Å². The smallest absolute Gasteiger partial charge is 0.157 e. The number of nitrogens with zero attached hydrogens (tertiary/aromatic N) is 2. The van der Waals surface area contributed by atoms with Gasteiger partial charge in [0.15, 0.2) is 5.69 Å². The molecule has 0 fully saturated rings. The van der Waals surface area contributed by atoms with E-state index in [1.165, 1.54) is 5.56 Å². The molecule has 98 valence electrons. The standard InChI is InChI=1S/C16H13N3O/c1-11-4-7-13(8-5-11)18-14-9-6-12-3-2-10-17-15(12)16(14)19-20/h2-10,18H,1H3. The van der Waals surface area contributed by atoms with Crippen LogP contribution >= 0.6 is 0 Å². The van der Waals surface area contributed by atoms with Crippen LogP contribution in [0.5, 0.6) is 0 Å². The SMILES string of the molecule is Cc1ccc(Nc2ccc3cccnc3c2N=O)cc1. The van der Waals surface area contributed by atoms with E-state index < -0.39 is 0 Å². The van der Waals surface area contributed by atoms with Crippen molar-refractivity contribution in [2.75, 3.05) is 5.32 Å². The van der Waals surface area contributed by atoms with Gasteiger partial charge in [0, 0.05) is 17.3 Å². The van der Waals surface area contributed by atoms with Gasteiger partial charge in [-0.2, -0.15) is 0 Å². The van der Waals surface area contributed by atoms with E-state index in [1.54, 1.807) is 6.20 Å². The lowest BCUT2D eigenvalue weighted by atomic mass is 10.1. The second-order valence-corrected chi connectivity index (χ2v) is 4.62. The number of aryl methyl sites for hydroxylation is 1. The number of fused-ring (bicyclic) bond motifs is 1. The largest absolute Gasteiger partial charge is 0.354 e. The molecule has 0 radical (unpaired) electrons. The van der Waals surface area contributed by atoms with Crippen molar-refractivity contribution in [3.63, 3.8) is 0 Å². The van der Waals surface area contributed by atoms with Crippen LogP contribution in [0.1, 0.15) is 5.56 Å². The summed E-state index contributed by atoms with van der Waals surface area (Å²) in [6, 6.07) is 15.5. The number of hydrogen-bond acceptors (Lipinski definition) is 4. The molecule has 4 heteroatoms. The van der Waals surface area contributed by atoms with E-state index in [9.17, 15) is 4.91 Å². The molecule has 0 atom stereocenters. The first-order chi connectivity index (χ1) is 9.78. The van der Waals surface area contributed by atoms with E-state index in [2.05, 4.69) is 15.5 Å². The normalized spacial score (nSPS) is 10.4. The molecule has 20 heavy (non-hydrogen) atoms. The van der Waals surface area contributed by atoms with Gasteiger partial charge in [-0.15, -0.1) is 4.91 Å². The predicted molar refractivity (Wildman–Crippen MR) is 81.7 cm³/mol. The molecule has 0 saturated heterocycles. The first kappa shape index (κ1) is 12.3. The van der Waals surface area contributed by atoms with Gasteiger partial charge in [0.2, 0.25) is 0 Å². The monoisotopic (exact) mass is 263 g/mol. The Labute approximate surface area is 116 Å². The molecule has 0 aliphatic carbocycles. The summed E-state index contributed by atoms with van der Waals surface area (Å²) < 4.78 is 0. The first-order valence-corrected chi connectivity index (χ1v) is 6.33. The average Bonchev–Trinajstić information content (AvgIpc) is 2.49. The molecule has 0 unspecified atom stereocenters. The van der Waals surface area contributed by atoms with Crippen molar-refractivity contribution in [2.45, 2.75) is 6.92 Å². The average molecular weight is 263 g/mol. The number of anilines is 2. The number of nitrogens with one attached hydrogen (secondary N) is 1. The third-order valence-corrected chi connectivity index (χ3v) is 3.17. The molecule has 1 heterocycles. The summed E-state index contributed by atoms with van der Waals surface area (Å²) in [5.41, 5.74) is 3.71. The van der Waals surface area contributed by atoms with Crippen LogP contribution in [-0.2, 0) is 0 Å². The molecule has 3 rings (SSSR count). The maximum atomic E-state index is 11.2. The van der Waals surface area contributed by atoms with Crippen LogP contribution in [0.3, 0.4) is 0 Å². The summed E-state index contributed by atoms with van der Waals surface area (Å²) in [4.78, 5) is 15.4. The van der Waals surface area contributed by atoms with Crippen LogP contribution in [-0.4, -0.2) is 4.98 Å². The van der Waals surface area contributed by atoms with Gasteiger partial charge in [0.1, 0.15) is 5.52 Å². The lowest BCUT2D eigenvalue weighted by molar-refractivity contribution is 1.38. The van der Waals surface area contributed by atoms with Gasteiger partial charge in [-0.25, -0.2) is 0 Å². The molecule has 0 bridgehead atoms. The van der Waals surface area contributed by atoms with Gasteiger partial charge in [-0.3, -0.25) is 4.98 Å². The highest BCUT2D eigenvalue weighted by atomic mass is 16.3. The van der Waals surface area contributed by atoms with Crippen molar-refractivity contribution < 1.29 is 0 Å². The maximum Gasteiger partial charge on any atom is 0.157 e. The molecule has 2 aromatic carbocycles. The molecule has 0 amide bonds. The fraction of sp³-hybridized carbons (Fsp3) is 0.0625. The molecule has 0 aliphatic heterocycles. The molecule has 0 spiro atoms. The summed E-state index contributed by atoms with van der Waals surface area (Å²) in [5.74, 6) is 0. The molecule has 0 saturated carbocycles. The second kappa shape index (κ2) is 5.09. The lowest BCUT2D eigenvalue weighted by Gasteiger charge is -2.10. The third kappa shape index (κ3) is 2.23. The highest BCUT2D eigenvalue weighted by molar-refractivity contribution is 5.96. The molecule has 1 N–H and O–H groups in total. The van der Waals surface area contributed by atoms with Gasteiger partial charge in [0.25, 0.3) is 0 Å². The van der Waals surface area contributed by atoms with E-state index >= 15 is 0 Å². The molecule has 3 aromatic rings. The van der Waals surface area contributed by atoms with E-state index in [0.717, 1.165) is 11.1 Å². The van der Waals surface area contributed by atoms with E-state index in [-0.39, 0.29) is 0 Å². The topological polar surface area (TPSA) is 54.4 Å². The Kier molecular flexibility index (Phi) is 3.13. The zero-order valence-corrected chi connectivity index (χ0v) is 11.0. The number of pyridine rings is 1. The van der Waals surface area contributed by atoms with Crippen molar-refractivity contribution in [3.05, 3.63) is 65.2 Å². The van der Waals surface area contributed by atoms with Gasteiger partial charge in [0.05, 0.1) is 5.69 Å². The Bertz CT molecular complexity index is 766. The van der Waals surface area contributed by atoms with Crippen LogP contribution in [0.25, 0.3) is 10.9 Å². The van der Waals surface area contributed by atoms with Crippen LogP contribution in [0, 0.1) is 11.8 Å². The molecule has 1 aromatic heterocycles. The molecule has 4 nitrogen and oxygen atoms in total. The summed E-state index contributed by atoms with van der Waals surface area (Å²) in [5, 5.41) is 7.25. The molecule has 0 aliphatic rings. The van der Waals surface area contributed by atoms with Crippen LogP contribution in [0.2, 0.25) is 0 Å². The number of nitroso groups, excluding NO2 is 1. The second-order valence-electron chi connectivity index (χ2n) is 4.62. The van der Waals surface area contributed by atoms with Crippen molar-refractivity contribution in [1.29, 1.82) is 0 Å². The van der Waals surface area contributed by atoms with Gasteiger partial charge < -0.3 is 5.32 Å². The highest BCUT2D eigenvalue weighted by Crippen LogP contribution is 2.34. The van der Waals surface area contributed by atoms with Gasteiger partial charge in [-0.05, 0) is 36.4 Å². The Morgan fingerprint density at radius 2 is 1.85 bits per heavy atom. The number of benzene rings is 2. The van der Waals surface area contributed by atoms with Crippen molar-refractivity contribution in [1.82, 2.24) is 4.98 Å². The first-order valence-electron chi connectivity index (χ1n) is 6.33. The predicted octanol–water partition coefficient (Wildman–Crippen LogP) is 4.68. The zero-order valence-electron chi connectivity index (χ0n) is 11.0. The molecular formula is C16H13N3O. The summed E-state index contributed by atoms with van der Waals surface area (Å²) in [6.07, 6.45) is 1.66. The number of aromatic nitrogens is 1. The highest BCUT2D eigenvalue weighted by Gasteiger charge is 2.09. The quantitative estimate of drug-likeness (QED) is 0.698. The van der Waals surface area contributed by atoms with E-state index in [0.29, 0.717) is 16.9 Å². The Morgan fingerprint density at radius 1 is 1.05 bits per heavy atom. The minimum absolute atomic E-state index is 0.337. The maximum absolute atomic E-state index is 11.2. The van der Waals surface area contributed by atoms with Crippen molar-refractivity contribution in [3.8, 4) is 0 Å². The van der Waals surface area contributed by atoms with Crippen molar-refractivity contribution in [2.24, 2.45) is 5.18 Å². The van der Waals surface area contributed by atoms with Crippen LogP contribution < -0.4 is 5.32 Å². The summed E-state index contributed by atoms with van der Waals surface area (Å²) in [6.45, 7) is 2.03. The van der Waals surface area contributed by atoms with Gasteiger partial charge >= 0.3 is 0 Å². The molecular weight excluding hydrogens is 250 g/mol. The zero-order chi connectivity index (χ0) is 13.9. The van der Waals surface area contributed by atoms with E-state index in [1.807, 2.05) is 55.5 Å².